The highest BCUT2D eigenvalue weighted by Gasteiger charge is 2.17. The van der Waals surface area contributed by atoms with Crippen LogP contribution in [0.3, 0.4) is 0 Å². The number of pyridine rings is 2. The molecule has 3 rings (SSSR count). The van der Waals surface area contributed by atoms with Crippen LogP contribution in [0, 0.1) is 39.0 Å². The summed E-state index contributed by atoms with van der Waals surface area (Å²) in [6.07, 6.45) is 1.07. The van der Waals surface area contributed by atoms with Crippen molar-refractivity contribution < 1.29 is 13.2 Å². The van der Waals surface area contributed by atoms with E-state index < -0.39 is 10.0 Å². The first-order valence-electron chi connectivity index (χ1n) is 9.20. The molecule has 0 unspecified atom stereocenters. The molecule has 2 heterocycles. The lowest BCUT2D eigenvalue weighted by atomic mass is 10.1. The van der Waals surface area contributed by atoms with Crippen LogP contribution in [-0.2, 0) is 10.0 Å². The summed E-state index contributed by atoms with van der Waals surface area (Å²) in [4.78, 5) is 8.82. The maximum atomic E-state index is 11.8. The Balaban J connectivity index is 2.14. The lowest BCUT2D eigenvalue weighted by Crippen LogP contribution is -2.11. The predicted octanol–water partition coefficient (Wildman–Crippen LogP) is 4.41. The molecular weight excluding hydrogens is 400 g/mol. The van der Waals surface area contributed by atoms with Crippen molar-refractivity contribution in [2.45, 2.75) is 27.7 Å². The summed E-state index contributed by atoms with van der Waals surface area (Å²) in [6.45, 7) is 7.64. The van der Waals surface area contributed by atoms with E-state index in [2.05, 4.69) is 14.7 Å². The van der Waals surface area contributed by atoms with Gasteiger partial charge in [0.2, 0.25) is 15.9 Å². The maximum absolute atomic E-state index is 11.8. The van der Waals surface area contributed by atoms with Crippen molar-refractivity contribution in [3.8, 4) is 29.0 Å². The molecule has 0 aliphatic heterocycles. The Kier molecular flexibility index (Phi) is 5.76. The number of anilines is 1. The summed E-state index contributed by atoms with van der Waals surface area (Å²) in [5.74, 6) is 0.758. The van der Waals surface area contributed by atoms with Gasteiger partial charge >= 0.3 is 0 Å². The molecule has 0 bridgehead atoms. The first-order valence-corrected chi connectivity index (χ1v) is 11.1. The van der Waals surface area contributed by atoms with E-state index in [-0.39, 0.29) is 11.6 Å². The molecule has 3 aromatic rings. The van der Waals surface area contributed by atoms with Gasteiger partial charge in [-0.25, -0.2) is 18.4 Å². The lowest BCUT2D eigenvalue weighted by Gasteiger charge is -2.16. The van der Waals surface area contributed by atoms with Crippen LogP contribution in [0.4, 0.5) is 5.69 Å². The van der Waals surface area contributed by atoms with Crippen LogP contribution >= 0.6 is 0 Å². The van der Waals surface area contributed by atoms with Gasteiger partial charge in [-0.2, -0.15) is 5.26 Å². The molecule has 1 aromatic carbocycles. The van der Waals surface area contributed by atoms with Crippen LogP contribution < -0.4 is 9.46 Å². The standard InChI is InChI=1S/C22H22N4O3S/c1-13-10-14(2)21(15(3)11-13)29-22-20(26-30(5,27)28)9-8-19(25-22)18-7-6-17(12-23)24-16(18)4/h6-11,26H,1-5H3. The van der Waals surface area contributed by atoms with Crippen molar-refractivity contribution in [2.24, 2.45) is 0 Å². The number of nitrogens with one attached hydrogen (secondary N) is 1. The zero-order valence-corrected chi connectivity index (χ0v) is 18.3. The summed E-state index contributed by atoms with van der Waals surface area (Å²) >= 11 is 0. The van der Waals surface area contributed by atoms with Gasteiger partial charge in [-0.1, -0.05) is 17.7 Å². The number of aromatic nitrogens is 2. The van der Waals surface area contributed by atoms with Crippen LogP contribution in [-0.4, -0.2) is 24.6 Å². The fourth-order valence-corrected chi connectivity index (χ4v) is 3.82. The monoisotopic (exact) mass is 422 g/mol. The average molecular weight is 423 g/mol. The molecule has 0 atom stereocenters. The van der Waals surface area contributed by atoms with Crippen molar-refractivity contribution in [3.63, 3.8) is 0 Å². The lowest BCUT2D eigenvalue weighted by molar-refractivity contribution is 0.459. The van der Waals surface area contributed by atoms with Gasteiger partial charge in [-0.05, 0) is 63.1 Å². The number of sulfonamides is 1. The van der Waals surface area contributed by atoms with Crippen molar-refractivity contribution in [1.29, 1.82) is 5.26 Å². The number of nitriles is 1. The highest BCUT2D eigenvalue weighted by Crippen LogP contribution is 2.35. The molecule has 1 N–H and O–H groups in total. The first kappa shape index (κ1) is 21.3. The zero-order valence-electron chi connectivity index (χ0n) is 17.4. The second-order valence-corrected chi connectivity index (χ2v) is 8.94. The Labute approximate surface area is 176 Å². The minimum Gasteiger partial charge on any atom is -0.436 e. The van der Waals surface area contributed by atoms with Crippen molar-refractivity contribution in [2.75, 3.05) is 11.0 Å². The van der Waals surface area contributed by atoms with Gasteiger partial charge in [0.05, 0.1) is 11.9 Å². The van der Waals surface area contributed by atoms with E-state index >= 15 is 0 Å². The largest absolute Gasteiger partial charge is 0.436 e. The highest BCUT2D eigenvalue weighted by molar-refractivity contribution is 7.92. The summed E-state index contributed by atoms with van der Waals surface area (Å²) in [7, 11) is -3.53. The maximum Gasteiger partial charge on any atom is 0.244 e. The molecule has 0 aliphatic rings. The van der Waals surface area contributed by atoms with E-state index in [1.807, 2.05) is 39.0 Å². The molecule has 0 aliphatic carbocycles. The Hall–Kier alpha value is -3.44. The van der Waals surface area contributed by atoms with Crippen LogP contribution in [0.5, 0.6) is 11.6 Å². The number of nitrogens with zero attached hydrogens (tertiary/aromatic N) is 3. The van der Waals surface area contributed by atoms with Gasteiger partial charge in [0.1, 0.15) is 23.2 Å². The molecule has 0 fully saturated rings. The van der Waals surface area contributed by atoms with E-state index in [0.29, 0.717) is 22.8 Å². The summed E-state index contributed by atoms with van der Waals surface area (Å²) < 4.78 is 32.2. The van der Waals surface area contributed by atoms with E-state index in [4.69, 9.17) is 10.00 Å². The normalized spacial score (nSPS) is 11.1. The minimum absolute atomic E-state index is 0.136. The minimum atomic E-state index is -3.53. The molecule has 0 radical (unpaired) electrons. The molecule has 0 saturated heterocycles. The molecule has 8 heteroatoms. The quantitative estimate of drug-likeness (QED) is 0.653. The number of ether oxygens (including phenoxy) is 1. The Morgan fingerprint density at radius 3 is 2.23 bits per heavy atom. The molecule has 30 heavy (non-hydrogen) atoms. The number of hydrogen-bond donors (Lipinski definition) is 1. The van der Waals surface area contributed by atoms with E-state index in [0.717, 1.165) is 28.5 Å². The molecule has 0 amide bonds. The summed E-state index contributed by atoms with van der Waals surface area (Å²) in [5.41, 5.74) is 5.41. The van der Waals surface area contributed by atoms with Gasteiger partial charge < -0.3 is 4.74 Å². The topological polar surface area (TPSA) is 105 Å². The highest BCUT2D eigenvalue weighted by atomic mass is 32.2. The van der Waals surface area contributed by atoms with Gasteiger partial charge in [0.15, 0.2) is 0 Å². The van der Waals surface area contributed by atoms with Crippen LogP contribution in [0.2, 0.25) is 0 Å². The number of benzene rings is 1. The Morgan fingerprint density at radius 1 is 1.00 bits per heavy atom. The van der Waals surface area contributed by atoms with E-state index in [9.17, 15) is 8.42 Å². The Morgan fingerprint density at radius 2 is 1.67 bits per heavy atom. The second kappa shape index (κ2) is 8.13. The van der Waals surface area contributed by atoms with Gasteiger partial charge in [-0.15, -0.1) is 0 Å². The van der Waals surface area contributed by atoms with Crippen molar-refractivity contribution in [1.82, 2.24) is 9.97 Å². The van der Waals surface area contributed by atoms with Crippen LogP contribution in [0.1, 0.15) is 28.1 Å². The average Bonchev–Trinajstić information content (AvgIpc) is 2.64. The first-order chi connectivity index (χ1) is 14.1. The Bertz CT molecular complexity index is 1260. The predicted molar refractivity (Wildman–Crippen MR) is 116 cm³/mol. The number of hydrogen-bond acceptors (Lipinski definition) is 6. The third-order valence-corrected chi connectivity index (χ3v) is 5.03. The zero-order chi connectivity index (χ0) is 22.1. The molecule has 2 aromatic heterocycles. The fourth-order valence-electron chi connectivity index (χ4n) is 3.26. The van der Waals surface area contributed by atoms with Gasteiger partial charge in [0, 0.05) is 11.3 Å². The third kappa shape index (κ3) is 4.75. The van der Waals surface area contributed by atoms with E-state index in [1.54, 1.807) is 31.2 Å². The summed E-state index contributed by atoms with van der Waals surface area (Å²) in [5, 5.41) is 9.03. The van der Waals surface area contributed by atoms with Crippen molar-refractivity contribution in [3.05, 3.63) is 64.5 Å². The molecule has 7 nitrogen and oxygen atoms in total. The number of rotatable bonds is 5. The smallest absolute Gasteiger partial charge is 0.244 e. The fraction of sp³-hybridized carbons (Fsp3) is 0.227. The number of aryl methyl sites for hydroxylation is 4. The second-order valence-electron chi connectivity index (χ2n) is 7.19. The molecule has 0 saturated carbocycles. The molecular formula is C22H22N4O3S. The van der Waals surface area contributed by atoms with Crippen LogP contribution in [0.25, 0.3) is 11.3 Å². The van der Waals surface area contributed by atoms with E-state index in [1.165, 1.54) is 0 Å². The molecule has 0 spiro atoms. The summed E-state index contributed by atoms with van der Waals surface area (Å²) in [6, 6.07) is 12.7. The van der Waals surface area contributed by atoms with Crippen molar-refractivity contribution >= 4 is 15.7 Å². The van der Waals surface area contributed by atoms with Gasteiger partial charge in [-0.3, -0.25) is 4.72 Å². The molecule has 154 valence electrons. The van der Waals surface area contributed by atoms with Gasteiger partial charge in [0.25, 0.3) is 0 Å². The third-order valence-electron chi connectivity index (χ3n) is 4.44. The SMILES string of the molecule is Cc1cc(C)c(Oc2nc(-c3ccc(C#N)nc3C)ccc2NS(C)(=O)=O)c(C)c1. The van der Waals surface area contributed by atoms with Crippen LogP contribution in [0.15, 0.2) is 36.4 Å².